The second-order valence-corrected chi connectivity index (χ2v) is 8.75. The first-order valence-corrected chi connectivity index (χ1v) is 11.0. The quantitative estimate of drug-likeness (QED) is 0.693. The number of aryl methyl sites for hydroxylation is 2. The number of aromatic nitrogens is 1. The third-order valence-electron chi connectivity index (χ3n) is 5.63. The van der Waals surface area contributed by atoms with Gasteiger partial charge in [0.15, 0.2) is 0 Å². The third-order valence-corrected chi connectivity index (χ3v) is 6.57. The number of rotatable bonds is 4. The molecule has 1 aromatic heterocycles. The van der Waals surface area contributed by atoms with Crippen LogP contribution in [0.5, 0.6) is 0 Å². The maximum absolute atomic E-state index is 13.0. The average molecular weight is 394 g/mol. The van der Waals surface area contributed by atoms with Crippen LogP contribution in [0.4, 0.5) is 11.4 Å². The lowest BCUT2D eigenvalue weighted by Crippen LogP contribution is -2.32. The van der Waals surface area contributed by atoms with Crippen LogP contribution in [0, 0.1) is 6.92 Å². The zero-order chi connectivity index (χ0) is 19.7. The molecule has 5 heteroatoms. The Kier molecular flexibility index (Phi) is 5.36. The van der Waals surface area contributed by atoms with E-state index in [0.29, 0.717) is 0 Å². The van der Waals surface area contributed by atoms with Crippen LogP contribution in [0.3, 0.4) is 0 Å². The van der Waals surface area contributed by atoms with E-state index >= 15 is 0 Å². The summed E-state index contributed by atoms with van der Waals surface area (Å²) < 4.78 is 2.09. The van der Waals surface area contributed by atoms with Crippen molar-refractivity contribution >= 4 is 39.9 Å². The van der Waals surface area contributed by atoms with Gasteiger partial charge in [-0.25, -0.2) is 0 Å². The van der Waals surface area contributed by atoms with Gasteiger partial charge in [0, 0.05) is 60.1 Å². The van der Waals surface area contributed by atoms with Crippen LogP contribution in [0.1, 0.15) is 24.0 Å². The largest absolute Gasteiger partial charge is 0.370 e. The smallest absolute Gasteiger partial charge is 0.231 e. The molecule has 28 heavy (non-hydrogen) atoms. The minimum Gasteiger partial charge on any atom is -0.370 e. The molecule has 146 valence electrons. The van der Waals surface area contributed by atoms with E-state index in [4.69, 9.17) is 0 Å². The van der Waals surface area contributed by atoms with E-state index in [1.807, 2.05) is 43.9 Å². The van der Waals surface area contributed by atoms with Crippen molar-refractivity contribution in [3.05, 3.63) is 59.8 Å². The number of hydrogen-bond donors (Lipinski definition) is 1. The van der Waals surface area contributed by atoms with Gasteiger partial charge in [-0.1, -0.05) is 18.2 Å². The normalized spacial score (nSPS) is 15.6. The molecule has 0 radical (unpaired) electrons. The summed E-state index contributed by atoms with van der Waals surface area (Å²) in [6.45, 7) is 6.23. The molecule has 1 unspecified atom stereocenters. The summed E-state index contributed by atoms with van der Waals surface area (Å²) in [5.74, 6) is 2.17. The number of anilines is 2. The molecule has 3 aromatic rings. The summed E-state index contributed by atoms with van der Waals surface area (Å²) in [5, 5.41) is 4.28. The minimum absolute atomic E-state index is 0.0292. The number of hydrogen-bond acceptors (Lipinski definition) is 3. The SMILES string of the molecule is Cc1cc(N2CCSCC2)ccc1NC(=O)C(C)c1cn(C)c2ccccc12. The summed E-state index contributed by atoms with van der Waals surface area (Å²) in [7, 11) is 2.03. The lowest BCUT2D eigenvalue weighted by molar-refractivity contribution is -0.117. The number of fused-ring (bicyclic) bond motifs is 1. The number of carbonyl (C=O) groups excluding carboxylic acids is 1. The van der Waals surface area contributed by atoms with Crippen molar-refractivity contribution in [2.24, 2.45) is 7.05 Å². The summed E-state index contributed by atoms with van der Waals surface area (Å²) in [4.78, 5) is 15.4. The van der Waals surface area contributed by atoms with Gasteiger partial charge in [0.25, 0.3) is 0 Å². The van der Waals surface area contributed by atoms with Crippen LogP contribution in [0.2, 0.25) is 0 Å². The van der Waals surface area contributed by atoms with Crippen molar-refractivity contribution < 1.29 is 4.79 Å². The number of carbonyl (C=O) groups is 1. The van der Waals surface area contributed by atoms with Crippen LogP contribution in [-0.2, 0) is 11.8 Å². The van der Waals surface area contributed by atoms with Crippen molar-refractivity contribution in [3.63, 3.8) is 0 Å². The fraction of sp³-hybridized carbons (Fsp3) is 0.348. The van der Waals surface area contributed by atoms with Gasteiger partial charge in [0.05, 0.1) is 5.92 Å². The lowest BCUT2D eigenvalue weighted by atomic mass is 9.99. The summed E-state index contributed by atoms with van der Waals surface area (Å²) in [6, 6.07) is 14.6. The van der Waals surface area contributed by atoms with E-state index in [0.717, 1.165) is 40.8 Å². The van der Waals surface area contributed by atoms with E-state index in [1.165, 1.54) is 17.2 Å². The molecular formula is C23H27N3OS. The van der Waals surface area contributed by atoms with Gasteiger partial charge in [-0.15, -0.1) is 0 Å². The van der Waals surface area contributed by atoms with E-state index in [1.54, 1.807) is 0 Å². The predicted octanol–water partition coefficient (Wildman–Crippen LogP) is 4.78. The van der Waals surface area contributed by atoms with Gasteiger partial charge in [-0.3, -0.25) is 4.79 Å². The standard InChI is InChI=1S/C23H27N3OS/c1-16-14-18(26-10-12-28-13-11-26)8-9-21(16)24-23(27)17(2)20-15-25(3)22-7-5-4-6-19(20)22/h4-9,14-15,17H,10-13H2,1-3H3,(H,24,27). The molecule has 2 aromatic carbocycles. The Morgan fingerprint density at radius 3 is 2.64 bits per heavy atom. The van der Waals surface area contributed by atoms with Gasteiger partial charge in [-0.05, 0) is 49.2 Å². The highest BCUT2D eigenvalue weighted by Gasteiger charge is 2.21. The Morgan fingerprint density at radius 2 is 1.89 bits per heavy atom. The molecule has 1 aliphatic heterocycles. The minimum atomic E-state index is -0.218. The monoisotopic (exact) mass is 393 g/mol. The second kappa shape index (κ2) is 7.92. The molecule has 0 bridgehead atoms. The fourth-order valence-corrected chi connectivity index (χ4v) is 4.81. The molecule has 1 fully saturated rings. The topological polar surface area (TPSA) is 37.3 Å². The average Bonchev–Trinajstić information content (AvgIpc) is 3.06. The number of benzene rings is 2. The molecule has 0 aliphatic carbocycles. The lowest BCUT2D eigenvalue weighted by Gasteiger charge is -2.29. The highest BCUT2D eigenvalue weighted by molar-refractivity contribution is 7.99. The first-order chi connectivity index (χ1) is 13.5. The van der Waals surface area contributed by atoms with Crippen LogP contribution in [0.15, 0.2) is 48.7 Å². The van der Waals surface area contributed by atoms with Crippen molar-refractivity contribution in [3.8, 4) is 0 Å². The molecule has 4 rings (SSSR count). The second-order valence-electron chi connectivity index (χ2n) is 7.52. The van der Waals surface area contributed by atoms with E-state index in [2.05, 4.69) is 52.2 Å². The zero-order valence-electron chi connectivity index (χ0n) is 16.7. The molecular weight excluding hydrogens is 366 g/mol. The number of thioether (sulfide) groups is 1. The van der Waals surface area contributed by atoms with E-state index in [9.17, 15) is 4.79 Å². The predicted molar refractivity (Wildman–Crippen MR) is 121 cm³/mol. The first-order valence-electron chi connectivity index (χ1n) is 9.83. The number of nitrogens with one attached hydrogen (secondary N) is 1. The van der Waals surface area contributed by atoms with E-state index < -0.39 is 0 Å². The van der Waals surface area contributed by atoms with Crippen molar-refractivity contribution in [2.75, 3.05) is 34.8 Å². The molecule has 0 spiro atoms. The van der Waals surface area contributed by atoms with Gasteiger partial charge >= 0.3 is 0 Å². The van der Waals surface area contributed by atoms with Crippen LogP contribution >= 0.6 is 11.8 Å². The van der Waals surface area contributed by atoms with Crippen LogP contribution < -0.4 is 10.2 Å². The Balaban J connectivity index is 1.52. The highest BCUT2D eigenvalue weighted by Crippen LogP contribution is 2.29. The molecule has 4 nitrogen and oxygen atoms in total. The molecule has 1 aliphatic rings. The summed E-state index contributed by atoms with van der Waals surface area (Å²) in [5.41, 5.74) is 5.47. The Labute approximate surface area is 170 Å². The van der Waals surface area contributed by atoms with Gasteiger partial charge < -0.3 is 14.8 Å². The van der Waals surface area contributed by atoms with Gasteiger partial charge in [0.2, 0.25) is 5.91 Å². The third kappa shape index (κ3) is 3.63. The van der Waals surface area contributed by atoms with Crippen molar-refractivity contribution in [1.82, 2.24) is 4.57 Å². The van der Waals surface area contributed by atoms with Crippen LogP contribution in [0.25, 0.3) is 10.9 Å². The van der Waals surface area contributed by atoms with Gasteiger partial charge in [0.1, 0.15) is 0 Å². The van der Waals surface area contributed by atoms with Gasteiger partial charge in [-0.2, -0.15) is 11.8 Å². The Hall–Kier alpha value is -2.40. The van der Waals surface area contributed by atoms with Crippen molar-refractivity contribution in [1.29, 1.82) is 0 Å². The van der Waals surface area contributed by atoms with Crippen LogP contribution in [-0.4, -0.2) is 35.1 Å². The molecule has 1 N–H and O–H groups in total. The Bertz CT molecular complexity index is 1000. The maximum Gasteiger partial charge on any atom is 0.231 e. The zero-order valence-corrected chi connectivity index (χ0v) is 17.6. The fourth-order valence-electron chi connectivity index (χ4n) is 3.91. The molecule has 1 saturated heterocycles. The number of nitrogens with zero attached hydrogens (tertiary/aromatic N) is 2. The summed E-state index contributed by atoms with van der Waals surface area (Å²) >= 11 is 2.01. The Morgan fingerprint density at radius 1 is 1.14 bits per heavy atom. The van der Waals surface area contributed by atoms with Crippen molar-refractivity contribution in [2.45, 2.75) is 19.8 Å². The van der Waals surface area contributed by atoms with E-state index in [-0.39, 0.29) is 11.8 Å². The number of amides is 1. The first kappa shape index (κ1) is 18.9. The molecule has 1 atom stereocenters. The highest BCUT2D eigenvalue weighted by atomic mass is 32.2. The number of para-hydroxylation sites is 1. The molecule has 1 amide bonds. The summed E-state index contributed by atoms with van der Waals surface area (Å²) in [6.07, 6.45) is 2.07. The maximum atomic E-state index is 13.0. The molecule has 2 heterocycles. The molecule has 0 saturated carbocycles.